The number of nitrogens with zero attached hydrogens (tertiary/aromatic N) is 2. The van der Waals surface area contributed by atoms with E-state index in [-0.39, 0.29) is 0 Å². The molecule has 0 aliphatic heterocycles. The zero-order valence-electron chi connectivity index (χ0n) is 5.29. The van der Waals surface area contributed by atoms with E-state index >= 15 is 0 Å². The van der Waals surface area contributed by atoms with Gasteiger partial charge in [-0.05, 0) is 7.05 Å². The minimum atomic E-state index is 0.981. The Labute approximate surface area is 58.1 Å². The lowest BCUT2D eigenvalue weighted by Crippen LogP contribution is -2.09. The Balaban J connectivity index is 2.30. The average molecular weight is 143 g/mol. The third-order valence-corrected chi connectivity index (χ3v) is 1.75. The first kappa shape index (κ1) is 6.64. The molecule has 0 bridgehead atoms. The van der Waals surface area contributed by atoms with Gasteiger partial charge >= 0.3 is 0 Å². The van der Waals surface area contributed by atoms with Crippen LogP contribution < -0.4 is 5.32 Å². The minimum Gasteiger partial charge on any atom is -0.319 e. The van der Waals surface area contributed by atoms with Crippen molar-refractivity contribution in [2.24, 2.45) is 0 Å². The van der Waals surface area contributed by atoms with E-state index < -0.39 is 0 Å². The fourth-order valence-corrected chi connectivity index (χ4v) is 1.07. The van der Waals surface area contributed by atoms with E-state index in [1.54, 1.807) is 16.8 Å². The molecule has 0 spiro atoms. The fraction of sp³-hybridized carbons (Fsp3) is 0.600. The van der Waals surface area contributed by atoms with Crippen LogP contribution in [0.3, 0.4) is 0 Å². The number of nitrogens with one attached hydrogen (secondary N) is 1. The highest BCUT2D eigenvalue weighted by molar-refractivity contribution is 7.09. The molecule has 0 atom stereocenters. The molecule has 1 rings (SSSR count). The Kier molecular flexibility index (Phi) is 2.60. The van der Waals surface area contributed by atoms with Crippen molar-refractivity contribution in [1.82, 2.24) is 15.5 Å². The summed E-state index contributed by atoms with van der Waals surface area (Å²) in [5.74, 6) is 0. The summed E-state index contributed by atoms with van der Waals surface area (Å²) in [6, 6.07) is 0. The van der Waals surface area contributed by atoms with Crippen LogP contribution >= 0.6 is 11.3 Å². The van der Waals surface area contributed by atoms with Gasteiger partial charge in [-0.3, -0.25) is 0 Å². The highest BCUT2D eigenvalue weighted by atomic mass is 32.1. The molecule has 0 unspecified atom stereocenters. The normalized spacial score (nSPS) is 9.89. The van der Waals surface area contributed by atoms with Crippen molar-refractivity contribution in [2.45, 2.75) is 6.42 Å². The Hall–Kier alpha value is -0.480. The first-order chi connectivity index (χ1) is 4.43. The summed E-state index contributed by atoms with van der Waals surface area (Å²) >= 11 is 1.60. The summed E-state index contributed by atoms with van der Waals surface area (Å²) in [5.41, 5.74) is 1.75. The number of hydrogen-bond donors (Lipinski definition) is 1. The summed E-state index contributed by atoms with van der Waals surface area (Å²) < 4.78 is 0. The quantitative estimate of drug-likeness (QED) is 0.661. The average Bonchev–Trinajstić information content (AvgIpc) is 2.34. The van der Waals surface area contributed by atoms with Gasteiger partial charge < -0.3 is 5.32 Å². The third-order valence-electron chi connectivity index (χ3n) is 0.994. The molecule has 9 heavy (non-hydrogen) atoms. The molecule has 0 aromatic carbocycles. The lowest BCUT2D eigenvalue weighted by atomic mass is 10.4. The van der Waals surface area contributed by atoms with E-state index in [9.17, 15) is 0 Å². The molecule has 0 radical (unpaired) electrons. The first-order valence-corrected chi connectivity index (χ1v) is 3.71. The van der Waals surface area contributed by atoms with Gasteiger partial charge in [-0.2, -0.15) is 0 Å². The Morgan fingerprint density at radius 3 is 3.22 bits per heavy atom. The van der Waals surface area contributed by atoms with Crippen molar-refractivity contribution in [3.63, 3.8) is 0 Å². The SMILES string of the molecule is CNCCc1nncs1. The molecule has 1 aromatic rings. The van der Waals surface area contributed by atoms with Crippen LogP contribution in [-0.2, 0) is 6.42 Å². The summed E-state index contributed by atoms with van der Waals surface area (Å²) in [6.07, 6.45) is 0.987. The standard InChI is InChI=1S/C5H9N3S/c1-6-3-2-5-8-7-4-9-5/h4,6H,2-3H2,1H3. The molecule has 4 heteroatoms. The number of likely N-dealkylation sites (N-methyl/N-ethyl adjacent to an activating group) is 1. The second-order valence-electron chi connectivity index (χ2n) is 1.69. The summed E-state index contributed by atoms with van der Waals surface area (Å²) in [7, 11) is 1.93. The van der Waals surface area contributed by atoms with Crippen LogP contribution in [0.25, 0.3) is 0 Å². The van der Waals surface area contributed by atoms with Gasteiger partial charge in [0.25, 0.3) is 0 Å². The predicted octanol–water partition coefficient (Wildman–Crippen LogP) is 0.300. The van der Waals surface area contributed by atoms with Crippen LogP contribution in [0, 0.1) is 0 Å². The summed E-state index contributed by atoms with van der Waals surface area (Å²) in [5, 5.41) is 11.7. The number of aromatic nitrogens is 2. The molecular formula is C5H9N3S. The number of rotatable bonds is 3. The molecule has 0 saturated heterocycles. The third kappa shape index (κ3) is 2.07. The molecule has 3 nitrogen and oxygen atoms in total. The topological polar surface area (TPSA) is 37.8 Å². The lowest BCUT2D eigenvalue weighted by Gasteiger charge is -1.90. The smallest absolute Gasteiger partial charge is 0.118 e. The Morgan fingerprint density at radius 1 is 1.78 bits per heavy atom. The van der Waals surface area contributed by atoms with Crippen molar-refractivity contribution in [1.29, 1.82) is 0 Å². The highest BCUT2D eigenvalue weighted by Gasteiger charge is 1.92. The minimum absolute atomic E-state index is 0.981. The highest BCUT2D eigenvalue weighted by Crippen LogP contribution is 1.99. The maximum Gasteiger partial charge on any atom is 0.118 e. The molecule has 0 fully saturated rings. The van der Waals surface area contributed by atoms with Gasteiger partial charge in [0, 0.05) is 13.0 Å². The molecule has 1 aromatic heterocycles. The summed E-state index contributed by atoms with van der Waals surface area (Å²) in [4.78, 5) is 0. The van der Waals surface area contributed by atoms with Gasteiger partial charge in [0.15, 0.2) is 0 Å². The molecule has 1 N–H and O–H groups in total. The molecule has 50 valence electrons. The van der Waals surface area contributed by atoms with E-state index in [1.807, 2.05) is 7.05 Å². The van der Waals surface area contributed by atoms with Gasteiger partial charge in [0.1, 0.15) is 10.5 Å². The van der Waals surface area contributed by atoms with Crippen molar-refractivity contribution in [3.8, 4) is 0 Å². The molecule has 0 aliphatic carbocycles. The lowest BCUT2D eigenvalue weighted by molar-refractivity contribution is 0.779. The summed E-state index contributed by atoms with van der Waals surface area (Å²) in [6.45, 7) is 0.981. The van der Waals surface area contributed by atoms with E-state index in [4.69, 9.17) is 0 Å². The molecular weight excluding hydrogens is 134 g/mol. The zero-order chi connectivity index (χ0) is 6.53. The molecule has 1 heterocycles. The van der Waals surface area contributed by atoms with Crippen LogP contribution in [-0.4, -0.2) is 23.8 Å². The van der Waals surface area contributed by atoms with Crippen LogP contribution in [0.5, 0.6) is 0 Å². The number of hydrogen-bond acceptors (Lipinski definition) is 4. The van der Waals surface area contributed by atoms with Crippen molar-refractivity contribution < 1.29 is 0 Å². The van der Waals surface area contributed by atoms with Gasteiger partial charge in [-0.1, -0.05) is 0 Å². The maximum atomic E-state index is 3.88. The van der Waals surface area contributed by atoms with Crippen molar-refractivity contribution in [3.05, 3.63) is 10.5 Å². The Bertz CT molecular complexity index is 149. The zero-order valence-corrected chi connectivity index (χ0v) is 6.11. The van der Waals surface area contributed by atoms with Gasteiger partial charge in [0.2, 0.25) is 0 Å². The van der Waals surface area contributed by atoms with Crippen LogP contribution in [0.1, 0.15) is 5.01 Å². The largest absolute Gasteiger partial charge is 0.319 e. The monoisotopic (exact) mass is 143 g/mol. The maximum absolute atomic E-state index is 3.88. The van der Waals surface area contributed by atoms with Gasteiger partial charge in [-0.15, -0.1) is 21.5 Å². The van der Waals surface area contributed by atoms with Crippen molar-refractivity contribution in [2.75, 3.05) is 13.6 Å². The molecule has 0 amide bonds. The second-order valence-corrected chi connectivity index (χ2v) is 2.60. The predicted molar refractivity (Wildman–Crippen MR) is 37.5 cm³/mol. The van der Waals surface area contributed by atoms with Gasteiger partial charge in [-0.25, -0.2) is 0 Å². The van der Waals surface area contributed by atoms with E-state index in [2.05, 4.69) is 15.5 Å². The molecule has 0 saturated carbocycles. The second kappa shape index (κ2) is 3.53. The van der Waals surface area contributed by atoms with Crippen LogP contribution in [0.4, 0.5) is 0 Å². The van der Waals surface area contributed by atoms with Crippen LogP contribution in [0.15, 0.2) is 5.51 Å². The molecule has 0 aliphatic rings. The van der Waals surface area contributed by atoms with E-state index in [0.717, 1.165) is 18.0 Å². The van der Waals surface area contributed by atoms with Gasteiger partial charge in [0.05, 0.1) is 0 Å². The van der Waals surface area contributed by atoms with E-state index in [1.165, 1.54) is 0 Å². The van der Waals surface area contributed by atoms with E-state index in [0.29, 0.717) is 0 Å². The fourth-order valence-electron chi connectivity index (χ4n) is 0.537. The van der Waals surface area contributed by atoms with Crippen molar-refractivity contribution >= 4 is 11.3 Å². The van der Waals surface area contributed by atoms with Crippen LogP contribution in [0.2, 0.25) is 0 Å². The first-order valence-electron chi connectivity index (χ1n) is 2.83. The Morgan fingerprint density at radius 2 is 2.67 bits per heavy atom.